The number of para-hydroxylation sites is 1. The van der Waals surface area contributed by atoms with E-state index in [-0.39, 0.29) is 18.2 Å². The molecule has 0 radical (unpaired) electrons. The van der Waals surface area contributed by atoms with Crippen LogP contribution in [-0.2, 0) is 11.2 Å². The molecule has 3 aromatic rings. The number of amides is 2. The Hall–Kier alpha value is -3.75. The Labute approximate surface area is 173 Å². The third kappa shape index (κ3) is 4.29. The van der Waals surface area contributed by atoms with Crippen LogP contribution in [0.2, 0.25) is 0 Å². The van der Waals surface area contributed by atoms with Crippen LogP contribution in [0.3, 0.4) is 0 Å². The fourth-order valence-electron chi connectivity index (χ4n) is 3.44. The lowest BCUT2D eigenvalue weighted by Crippen LogP contribution is -2.49. The van der Waals surface area contributed by atoms with E-state index in [1.807, 2.05) is 29.2 Å². The van der Waals surface area contributed by atoms with Crippen molar-refractivity contribution in [3.8, 4) is 0 Å². The number of piperazine rings is 1. The summed E-state index contributed by atoms with van der Waals surface area (Å²) in [6.07, 6.45) is 3.45. The molecule has 1 aliphatic rings. The van der Waals surface area contributed by atoms with Gasteiger partial charge >= 0.3 is 0 Å². The van der Waals surface area contributed by atoms with E-state index in [2.05, 4.69) is 30.1 Å². The molecule has 0 saturated carbocycles. The van der Waals surface area contributed by atoms with E-state index in [0.717, 1.165) is 5.69 Å². The van der Waals surface area contributed by atoms with Crippen molar-refractivity contribution < 1.29 is 14.2 Å². The number of rotatable bonds is 5. The van der Waals surface area contributed by atoms with Crippen molar-refractivity contribution in [1.82, 2.24) is 20.2 Å². The molecule has 1 aromatic carbocycles. The summed E-state index contributed by atoms with van der Waals surface area (Å²) in [6, 6.07) is 11.0. The van der Waals surface area contributed by atoms with Crippen molar-refractivity contribution in [2.24, 2.45) is 0 Å². The molecule has 2 aromatic heterocycles. The largest absolute Gasteiger partial charge is 0.367 e. The molecule has 1 N–H and O–H groups in total. The van der Waals surface area contributed by atoms with Gasteiger partial charge in [-0.15, -0.1) is 0 Å². The second kappa shape index (κ2) is 8.73. The van der Waals surface area contributed by atoms with Crippen molar-refractivity contribution in [1.29, 1.82) is 0 Å². The molecule has 30 heavy (non-hydrogen) atoms. The quantitative estimate of drug-likeness (QED) is 0.690. The average molecular weight is 406 g/mol. The van der Waals surface area contributed by atoms with Crippen molar-refractivity contribution in [3.05, 3.63) is 65.7 Å². The van der Waals surface area contributed by atoms with Crippen molar-refractivity contribution in [2.45, 2.75) is 13.3 Å². The first-order chi connectivity index (χ1) is 14.6. The zero-order chi connectivity index (χ0) is 20.9. The number of hydrogen-bond acceptors (Lipinski definition) is 7. The summed E-state index contributed by atoms with van der Waals surface area (Å²) in [6.45, 7) is 4.20. The molecule has 1 fully saturated rings. The topological polar surface area (TPSA) is 104 Å². The van der Waals surface area contributed by atoms with E-state index in [0.29, 0.717) is 48.8 Å². The Morgan fingerprint density at radius 2 is 1.77 bits per heavy atom. The first kappa shape index (κ1) is 19.6. The van der Waals surface area contributed by atoms with Gasteiger partial charge in [0.2, 0.25) is 5.91 Å². The van der Waals surface area contributed by atoms with Gasteiger partial charge in [0, 0.05) is 49.9 Å². The van der Waals surface area contributed by atoms with Gasteiger partial charge in [0.15, 0.2) is 0 Å². The third-order valence-corrected chi connectivity index (χ3v) is 5.13. The van der Waals surface area contributed by atoms with Gasteiger partial charge in [0.05, 0.1) is 12.0 Å². The predicted molar refractivity (Wildman–Crippen MR) is 110 cm³/mol. The Morgan fingerprint density at radius 3 is 2.47 bits per heavy atom. The molecular weight excluding hydrogens is 384 g/mol. The Bertz CT molecular complexity index is 1030. The second-order valence-corrected chi connectivity index (χ2v) is 7.05. The van der Waals surface area contributed by atoms with Crippen molar-refractivity contribution in [3.63, 3.8) is 0 Å². The van der Waals surface area contributed by atoms with E-state index >= 15 is 0 Å². The summed E-state index contributed by atoms with van der Waals surface area (Å²) >= 11 is 0. The van der Waals surface area contributed by atoms with Crippen LogP contribution >= 0.6 is 0 Å². The zero-order valence-electron chi connectivity index (χ0n) is 16.6. The SMILES string of the molecule is Cc1nonc1CC(=O)N1CCN(c2ccccc2C(=O)Nc2ccncc2)CC1. The van der Waals surface area contributed by atoms with E-state index in [1.54, 1.807) is 31.5 Å². The molecule has 0 spiro atoms. The smallest absolute Gasteiger partial charge is 0.257 e. The van der Waals surface area contributed by atoms with E-state index < -0.39 is 0 Å². The van der Waals surface area contributed by atoms with Gasteiger partial charge in [0.1, 0.15) is 11.4 Å². The molecule has 0 unspecified atom stereocenters. The zero-order valence-corrected chi connectivity index (χ0v) is 16.6. The molecule has 0 aliphatic carbocycles. The van der Waals surface area contributed by atoms with Gasteiger partial charge < -0.3 is 15.1 Å². The standard InChI is InChI=1S/C21H22N6O3/c1-15-18(25-30-24-15)14-20(28)27-12-10-26(11-13-27)19-5-3-2-4-17(19)21(29)23-16-6-8-22-9-7-16/h2-9H,10-14H2,1H3,(H,22,23,29). The fourth-order valence-corrected chi connectivity index (χ4v) is 3.44. The maximum atomic E-state index is 12.8. The first-order valence-corrected chi connectivity index (χ1v) is 9.73. The normalized spacial score (nSPS) is 13.9. The summed E-state index contributed by atoms with van der Waals surface area (Å²) in [5.74, 6) is -0.179. The Kier molecular flexibility index (Phi) is 5.69. The molecular formula is C21H22N6O3. The van der Waals surface area contributed by atoms with Gasteiger partial charge in [0.25, 0.3) is 5.91 Å². The van der Waals surface area contributed by atoms with Gasteiger partial charge in [-0.05, 0) is 31.2 Å². The van der Waals surface area contributed by atoms with E-state index in [9.17, 15) is 9.59 Å². The van der Waals surface area contributed by atoms with Crippen molar-refractivity contribution in [2.75, 3.05) is 36.4 Å². The summed E-state index contributed by atoms with van der Waals surface area (Å²) in [5, 5.41) is 10.4. The number of anilines is 2. The minimum absolute atomic E-state index is 0.00262. The number of carbonyl (C=O) groups is 2. The predicted octanol–water partition coefficient (Wildman–Crippen LogP) is 1.92. The number of aryl methyl sites for hydroxylation is 1. The number of aromatic nitrogens is 3. The van der Waals surface area contributed by atoms with Crippen LogP contribution in [0.4, 0.5) is 11.4 Å². The first-order valence-electron chi connectivity index (χ1n) is 9.73. The van der Waals surface area contributed by atoms with Crippen LogP contribution < -0.4 is 10.2 Å². The van der Waals surface area contributed by atoms with Gasteiger partial charge in [-0.1, -0.05) is 22.4 Å². The lowest BCUT2D eigenvalue weighted by molar-refractivity contribution is -0.130. The highest BCUT2D eigenvalue weighted by molar-refractivity contribution is 6.08. The molecule has 0 atom stereocenters. The Balaban J connectivity index is 1.41. The van der Waals surface area contributed by atoms with Gasteiger partial charge in [-0.2, -0.15) is 0 Å². The van der Waals surface area contributed by atoms with Gasteiger partial charge in [-0.3, -0.25) is 14.6 Å². The van der Waals surface area contributed by atoms with Crippen LogP contribution in [-0.4, -0.2) is 58.2 Å². The molecule has 3 heterocycles. The number of pyridine rings is 1. The van der Waals surface area contributed by atoms with Gasteiger partial charge in [-0.25, -0.2) is 4.63 Å². The maximum absolute atomic E-state index is 12.8. The van der Waals surface area contributed by atoms with E-state index in [4.69, 9.17) is 0 Å². The minimum Gasteiger partial charge on any atom is -0.367 e. The second-order valence-electron chi connectivity index (χ2n) is 7.05. The monoisotopic (exact) mass is 406 g/mol. The molecule has 1 aliphatic heterocycles. The number of benzene rings is 1. The maximum Gasteiger partial charge on any atom is 0.257 e. The summed E-state index contributed by atoms with van der Waals surface area (Å²) in [4.78, 5) is 33.3. The molecule has 9 nitrogen and oxygen atoms in total. The van der Waals surface area contributed by atoms with Crippen LogP contribution in [0.5, 0.6) is 0 Å². The van der Waals surface area contributed by atoms with Crippen LogP contribution in [0.25, 0.3) is 0 Å². The lowest BCUT2D eigenvalue weighted by atomic mass is 10.1. The highest BCUT2D eigenvalue weighted by Crippen LogP contribution is 2.23. The minimum atomic E-state index is -0.177. The molecule has 1 saturated heterocycles. The number of nitrogens with zero attached hydrogens (tertiary/aromatic N) is 5. The molecule has 0 bridgehead atoms. The summed E-state index contributed by atoms with van der Waals surface area (Å²) in [5.41, 5.74) is 3.35. The van der Waals surface area contributed by atoms with E-state index in [1.165, 1.54) is 0 Å². The van der Waals surface area contributed by atoms with Crippen LogP contribution in [0.15, 0.2) is 53.4 Å². The molecule has 2 amide bonds. The number of hydrogen-bond donors (Lipinski definition) is 1. The fraction of sp³-hybridized carbons (Fsp3) is 0.286. The molecule has 4 rings (SSSR count). The molecule has 154 valence electrons. The molecule has 9 heteroatoms. The third-order valence-electron chi connectivity index (χ3n) is 5.13. The summed E-state index contributed by atoms with van der Waals surface area (Å²) < 4.78 is 4.67. The average Bonchev–Trinajstić information content (AvgIpc) is 3.19. The Morgan fingerprint density at radius 1 is 1.03 bits per heavy atom. The highest BCUT2D eigenvalue weighted by Gasteiger charge is 2.25. The lowest BCUT2D eigenvalue weighted by Gasteiger charge is -2.36. The van der Waals surface area contributed by atoms with Crippen LogP contribution in [0, 0.1) is 6.92 Å². The highest BCUT2D eigenvalue weighted by atomic mass is 16.6. The number of nitrogens with one attached hydrogen (secondary N) is 1. The summed E-state index contributed by atoms with van der Waals surface area (Å²) in [7, 11) is 0. The number of carbonyl (C=O) groups excluding carboxylic acids is 2. The van der Waals surface area contributed by atoms with Crippen LogP contribution in [0.1, 0.15) is 21.7 Å². The van der Waals surface area contributed by atoms with Crippen molar-refractivity contribution >= 4 is 23.2 Å².